The molecule has 3 aromatic rings. The molecule has 0 bridgehead atoms. The van der Waals surface area contributed by atoms with Gasteiger partial charge in [-0.15, -0.1) is 0 Å². The average Bonchev–Trinajstić information content (AvgIpc) is 3.30. The number of carbonyl (C=O) groups is 1. The van der Waals surface area contributed by atoms with Crippen LogP contribution in [0.2, 0.25) is 0 Å². The van der Waals surface area contributed by atoms with E-state index in [0.717, 1.165) is 18.4 Å². The zero-order valence-corrected chi connectivity index (χ0v) is 17.6. The lowest BCUT2D eigenvalue weighted by Crippen LogP contribution is -2.58. The van der Waals surface area contributed by atoms with Crippen LogP contribution in [0.15, 0.2) is 18.5 Å². The molecule has 0 atom stereocenters. The molecule has 1 spiro atoms. The zero-order chi connectivity index (χ0) is 22.7. The predicted octanol–water partition coefficient (Wildman–Crippen LogP) is 2.25. The lowest BCUT2D eigenvalue weighted by molar-refractivity contribution is -0.145. The number of ketones is 1. The van der Waals surface area contributed by atoms with Gasteiger partial charge in [-0.05, 0) is 20.3 Å². The smallest absolute Gasteiger partial charge is 0.355 e. The lowest BCUT2D eigenvalue weighted by atomic mass is 9.79. The monoisotopic (exact) mass is 446 g/mol. The van der Waals surface area contributed by atoms with Gasteiger partial charge in [0.25, 0.3) is 0 Å². The van der Waals surface area contributed by atoms with E-state index in [1.807, 2.05) is 4.90 Å². The third kappa shape index (κ3) is 3.63. The fraction of sp³-hybridized carbons (Fsp3) is 0.500. The maximum absolute atomic E-state index is 13.1. The molecule has 0 radical (unpaired) electrons. The van der Waals surface area contributed by atoms with Crippen molar-refractivity contribution in [2.75, 3.05) is 36.0 Å². The lowest BCUT2D eigenvalue weighted by Gasteiger charge is -2.48. The summed E-state index contributed by atoms with van der Waals surface area (Å²) < 4.78 is 40.8. The van der Waals surface area contributed by atoms with Crippen LogP contribution in [0.1, 0.15) is 24.9 Å². The standard InChI is InChI=1S/C20H21F3N8O/c1-12-5-15(27-17(26-12)20(21,22)23)30-10-19(11-30)3-4-29(9-19)18-24-6-14-7-25-31(8-13(2)32)16(14)28-18/h5-7H,3-4,8-11H2,1-2H3. The minimum atomic E-state index is -4.57. The van der Waals surface area contributed by atoms with Gasteiger partial charge in [-0.3, -0.25) is 4.79 Å². The Kier molecular flexibility index (Phi) is 4.57. The van der Waals surface area contributed by atoms with Crippen molar-refractivity contribution < 1.29 is 18.0 Å². The number of hydrogen-bond acceptors (Lipinski definition) is 8. The minimum Gasteiger partial charge on any atom is -0.355 e. The first kappa shape index (κ1) is 20.6. The minimum absolute atomic E-state index is 0.0153. The van der Waals surface area contributed by atoms with Crippen molar-refractivity contribution >= 4 is 28.6 Å². The Morgan fingerprint density at radius 1 is 1.12 bits per heavy atom. The van der Waals surface area contributed by atoms with E-state index in [9.17, 15) is 18.0 Å². The number of alkyl halides is 3. The Morgan fingerprint density at radius 2 is 1.88 bits per heavy atom. The molecule has 12 heteroatoms. The number of aromatic nitrogens is 6. The molecule has 5 heterocycles. The van der Waals surface area contributed by atoms with Gasteiger partial charge in [0, 0.05) is 49.6 Å². The molecule has 3 aromatic heterocycles. The summed E-state index contributed by atoms with van der Waals surface area (Å²) >= 11 is 0. The Labute approximate surface area is 181 Å². The number of aryl methyl sites for hydroxylation is 1. The molecule has 2 aliphatic heterocycles. The highest BCUT2D eigenvalue weighted by Gasteiger charge is 2.49. The van der Waals surface area contributed by atoms with Crippen LogP contribution >= 0.6 is 0 Å². The van der Waals surface area contributed by atoms with E-state index in [4.69, 9.17) is 0 Å². The van der Waals surface area contributed by atoms with Crippen molar-refractivity contribution in [1.29, 1.82) is 0 Å². The predicted molar refractivity (Wildman–Crippen MR) is 109 cm³/mol. The van der Waals surface area contributed by atoms with E-state index >= 15 is 0 Å². The summed E-state index contributed by atoms with van der Waals surface area (Å²) in [6.07, 6.45) is -0.357. The molecule has 2 aliphatic rings. The summed E-state index contributed by atoms with van der Waals surface area (Å²) in [5, 5.41) is 4.97. The summed E-state index contributed by atoms with van der Waals surface area (Å²) in [5.41, 5.74) is 0.854. The largest absolute Gasteiger partial charge is 0.451 e. The number of rotatable bonds is 4. The molecule has 0 aromatic carbocycles. The van der Waals surface area contributed by atoms with Gasteiger partial charge in [-0.25, -0.2) is 19.6 Å². The maximum atomic E-state index is 13.1. The number of carbonyl (C=O) groups excluding carboxylic acids is 1. The number of nitrogens with zero attached hydrogens (tertiary/aromatic N) is 8. The van der Waals surface area contributed by atoms with Crippen molar-refractivity contribution in [2.24, 2.45) is 5.41 Å². The van der Waals surface area contributed by atoms with Gasteiger partial charge in [-0.2, -0.15) is 23.3 Å². The summed E-state index contributed by atoms with van der Waals surface area (Å²) in [7, 11) is 0. The second-order valence-electron chi connectivity index (χ2n) is 8.67. The second-order valence-corrected chi connectivity index (χ2v) is 8.67. The number of anilines is 2. The van der Waals surface area contributed by atoms with E-state index in [1.165, 1.54) is 13.8 Å². The molecule has 2 saturated heterocycles. The number of halogens is 3. The van der Waals surface area contributed by atoms with Crippen LogP contribution < -0.4 is 9.80 Å². The summed E-state index contributed by atoms with van der Waals surface area (Å²) in [5.74, 6) is -0.251. The average molecular weight is 446 g/mol. The number of Topliss-reactive ketones (excluding diaryl/α,β-unsaturated/α-hetero) is 1. The van der Waals surface area contributed by atoms with E-state index < -0.39 is 12.0 Å². The summed E-state index contributed by atoms with van der Waals surface area (Å²) in [4.78, 5) is 31.7. The van der Waals surface area contributed by atoms with Crippen LogP contribution in [0.3, 0.4) is 0 Å². The molecule has 0 unspecified atom stereocenters. The molecule has 0 aliphatic carbocycles. The van der Waals surface area contributed by atoms with E-state index in [2.05, 4.69) is 29.9 Å². The van der Waals surface area contributed by atoms with Gasteiger partial charge in [0.1, 0.15) is 12.4 Å². The molecule has 32 heavy (non-hydrogen) atoms. The second kappa shape index (κ2) is 7.10. The molecule has 0 amide bonds. The zero-order valence-electron chi connectivity index (χ0n) is 17.6. The third-order valence-corrected chi connectivity index (χ3v) is 5.93. The quantitative estimate of drug-likeness (QED) is 0.603. The fourth-order valence-electron chi connectivity index (χ4n) is 4.47. The Balaban J connectivity index is 1.31. The molecule has 2 fully saturated rings. The summed E-state index contributed by atoms with van der Waals surface area (Å²) in [6, 6.07) is 1.59. The Hall–Kier alpha value is -3.31. The highest BCUT2D eigenvalue weighted by atomic mass is 19.4. The number of hydrogen-bond donors (Lipinski definition) is 0. The molecule has 168 valence electrons. The first-order chi connectivity index (χ1) is 15.1. The van der Waals surface area contributed by atoms with Crippen molar-refractivity contribution in [3.8, 4) is 0 Å². The summed E-state index contributed by atoms with van der Waals surface area (Å²) in [6.45, 7) is 5.86. The molecular weight excluding hydrogens is 425 g/mol. The first-order valence-corrected chi connectivity index (χ1v) is 10.2. The highest BCUT2D eigenvalue weighted by Crippen LogP contribution is 2.42. The van der Waals surface area contributed by atoms with Crippen LogP contribution in [-0.4, -0.2) is 61.7 Å². The molecule has 5 rings (SSSR count). The first-order valence-electron chi connectivity index (χ1n) is 10.2. The van der Waals surface area contributed by atoms with Crippen LogP contribution in [0, 0.1) is 12.3 Å². The van der Waals surface area contributed by atoms with Gasteiger partial charge in [-0.1, -0.05) is 0 Å². The van der Waals surface area contributed by atoms with Crippen molar-refractivity contribution in [2.45, 2.75) is 33.0 Å². The van der Waals surface area contributed by atoms with Gasteiger partial charge in [0.15, 0.2) is 11.4 Å². The van der Waals surface area contributed by atoms with Crippen molar-refractivity contribution in [1.82, 2.24) is 29.7 Å². The van der Waals surface area contributed by atoms with Crippen molar-refractivity contribution in [3.63, 3.8) is 0 Å². The maximum Gasteiger partial charge on any atom is 0.451 e. The van der Waals surface area contributed by atoms with Gasteiger partial charge in [0.2, 0.25) is 11.8 Å². The molecule has 9 nitrogen and oxygen atoms in total. The van der Waals surface area contributed by atoms with Crippen LogP contribution in [0.4, 0.5) is 24.9 Å². The van der Waals surface area contributed by atoms with Gasteiger partial charge >= 0.3 is 6.18 Å². The fourth-order valence-corrected chi connectivity index (χ4v) is 4.47. The van der Waals surface area contributed by atoms with Crippen LogP contribution in [0.5, 0.6) is 0 Å². The molecule has 0 saturated carbocycles. The van der Waals surface area contributed by atoms with E-state index in [0.29, 0.717) is 42.7 Å². The van der Waals surface area contributed by atoms with Gasteiger partial charge < -0.3 is 9.80 Å². The molecular formula is C20H21F3N8O. The molecule has 0 N–H and O–H groups in total. The van der Waals surface area contributed by atoms with Gasteiger partial charge in [0.05, 0.1) is 11.6 Å². The normalized spacial score (nSPS) is 17.9. The third-order valence-electron chi connectivity index (χ3n) is 5.93. The van der Waals surface area contributed by atoms with Crippen LogP contribution in [-0.2, 0) is 17.5 Å². The van der Waals surface area contributed by atoms with E-state index in [1.54, 1.807) is 23.1 Å². The SMILES string of the molecule is CC(=O)Cn1ncc2cnc(N3CCC4(CN(c5cc(C)nc(C(F)(F)F)n5)C4)C3)nc21. The Bertz CT molecular complexity index is 1200. The highest BCUT2D eigenvalue weighted by molar-refractivity contribution is 5.79. The van der Waals surface area contributed by atoms with Crippen LogP contribution in [0.25, 0.3) is 11.0 Å². The topological polar surface area (TPSA) is 92.9 Å². The Morgan fingerprint density at radius 3 is 2.59 bits per heavy atom. The van der Waals surface area contributed by atoms with Crippen molar-refractivity contribution in [3.05, 3.63) is 30.0 Å². The van der Waals surface area contributed by atoms with E-state index in [-0.39, 0.29) is 17.7 Å². The number of fused-ring (bicyclic) bond motifs is 1.